The van der Waals surface area contributed by atoms with Crippen molar-refractivity contribution in [3.8, 4) is 33.8 Å². The van der Waals surface area contributed by atoms with Crippen molar-refractivity contribution in [3.05, 3.63) is 72.0 Å². The van der Waals surface area contributed by atoms with Gasteiger partial charge in [0, 0.05) is 68.5 Å². The van der Waals surface area contributed by atoms with Crippen molar-refractivity contribution in [2.24, 2.45) is 14.1 Å². The number of nitrogens with zero attached hydrogens (tertiary/aromatic N) is 10. The van der Waals surface area contributed by atoms with Gasteiger partial charge < -0.3 is 4.90 Å². The lowest BCUT2D eigenvalue weighted by atomic mass is 9.91. The average molecular weight is 495 g/mol. The lowest BCUT2D eigenvalue weighted by Gasteiger charge is -2.16. The quantitative estimate of drug-likeness (QED) is 0.343. The van der Waals surface area contributed by atoms with Gasteiger partial charge in [-0.05, 0) is 50.2 Å². The molecule has 0 aliphatic heterocycles. The van der Waals surface area contributed by atoms with Gasteiger partial charge in [-0.15, -0.1) is 0 Å². The molecule has 5 heterocycles. The van der Waals surface area contributed by atoms with Gasteiger partial charge >= 0.3 is 0 Å². The predicted octanol–water partition coefficient (Wildman–Crippen LogP) is 2.79. The normalized spacial score (nSPS) is 12.7. The fourth-order valence-corrected chi connectivity index (χ4v) is 4.88. The summed E-state index contributed by atoms with van der Waals surface area (Å²) >= 11 is 0. The highest BCUT2D eigenvalue weighted by Crippen LogP contribution is 2.39. The Labute approximate surface area is 215 Å². The van der Waals surface area contributed by atoms with Gasteiger partial charge in [-0.3, -0.25) is 19.0 Å². The van der Waals surface area contributed by atoms with Crippen LogP contribution in [0.2, 0.25) is 0 Å². The molecule has 0 bridgehead atoms. The number of fused-ring (bicyclic) bond motifs is 3. The lowest BCUT2D eigenvalue weighted by Crippen LogP contribution is -2.18. The van der Waals surface area contributed by atoms with Crippen LogP contribution in [0.5, 0.6) is 0 Å². The SMILES string of the molecule is CN(C)CCn1cc(Cc2ncc3c(n2)-c2c(nn(C)c2-c2ccc(-c4cnn(C)c4)nc2)CC3)cn1. The second-order valence-corrected chi connectivity index (χ2v) is 9.88. The number of hydrogen-bond acceptors (Lipinski definition) is 7. The molecule has 0 radical (unpaired) electrons. The van der Waals surface area contributed by atoms with Gasteiger partial charge in [-0.1, -0.05) is 0 Å². The molecule has 5 aromatic heterocycles. The van der Waals surface area contributed by atoms with Crippen molar-refractivity contribution in [2.75, 3.05) is 20.6 Å². The van der Waals surface area contributed by atoms with Crippen LogP contribution in [-0.4, -0.2) is 69.8 Å². The van der Waals surface area contributed by atoms with Gasteiger partial charge in [0.05, 0.1) is 41.7 Å². The summed E-state index contributed by atoms with van der Waals surface area (Å²) in [6.45, 7) is 1.80. The third kappa shape index (κ3) is 4.55. The molecule has 6 rings (SSSR count). The van der Waals surface area contributed by atoms with Crippen LogP contribution in [-0.2, 0) is 39.9 Å². The van der Waals surface area contributed by atoms with E-state index in [2.05, 4.69) is 41.5 Å². The molecule has 0 amide bonds. The number of rotatable bonds is 7. The molecule has 0 spiro atoms. The fourth-order valence-electron chi connectivity index (χ4n) is 4.88. The summed E-state index contributed by atoms with van der Waals surface area (Å²) in [4.78, 5) is 16.6. The first-order valence-corrected chi connectivity index (χ1v) is 12.5. The summed E-state index contributed by atoms with van der Waals surface area (Å²) < 4.78 is 5.72. The zero-order valence-corrected chi connectivity index (χ0v) is 21.6. The summed E-state index contributed by atoms with van der Waals surface area (Å²) in [5, 5.41) is 13.6. The van der Waals surface area contributed by atoms with E-state index in [0.29, 0.717) is 6.42 Å². The number of hydrogen-bond donors (Lipinski definition) is 0. The Morgan fingerprint density at radius 2 is 1.81 bits per heavy atom. The van der Waals surface area contributed by atoms with E-state index in [1.807, 2.05) is 60.5 Å². The van der Waals surface area contributed by atoms with Crippen LogP contribution >= 0.6 is 0 Å². The zero-order valence-electron chi connectivity index (χ0n) is 21.6. The van der Waals surface area contributed by atoms with E-state index in [1.165, 1.54) is 0 Å². The Bertz CT molecular complexity index is 1550. The van der Waals surface area contributed by atoms with Crippen LogP contribution < -0.4 is 0 Å². The molecule has 0 saturated carbocycles. The molecule has 0 saturated heterocycles. The number of aryl methyl sites for hydroxylation is 4. The van der Waals surface area contributed by atoms with Gasteiger partial charge in [0.15, 0.2) is 0 Å². The molecule has 1 aliphatic rings. The predicted molar refractivity (Wildman–Crippen MR) is 141 cm³/mol. The number of pyridine rings is 1. The molecule has 10 nitrogen and oxygen atoms in total. The molecule has 0 atom stereocenters. The van der Waals surface area contributed by atoms with E-state index in [0.717, 1.165) is 82.3 Å². The fraction of sp³-hybridized carbons (Fsp3) is 0.333. The monoisotopic (exact) mass is 494 g/mol. The second kappa shape index (κ2) is 9.36. The van der Waals surface area contributed by atoms with E-state index in [4.69, 9.17) is 20.1 Å². The Hall–Kier alpha value is -4.18. The number of likely N-dealkylation sites (N-methyl/N-ethyl adjacent to an activating group) is 1. The largest absolute Gasteiger partial charge is 0.308 e. The molecule has 5 aromatic rings. The maximum atomic E-state index is 5.06. The standard InChI is InChI=1S/C27H30N10/c1-34(2)9-10-37-16-18(12-31-37)11-24-29-13-19-5-8-23-25(26(19)32-24)27(36(4)33-23)20-6-7-22(28-14-20)21-15-30-35(3)17-21/h6-7,12-17H,5,8-11H2,1-4H3. The molecule has 0 N–H and O–H groups in total. The summed E-state index contributed by atoms with van der Waals surface area (Å²) in [6.07, 6.45) is 14.1. The van der Waals surface area contributed by atoms with Gasteiger partial charge in [-0.2, -0.15) is 15.3 Å². The highest BCUT2D eigenvalue weighted by atomic mass is 15.3. The lowest BCUT2D eigenvalue weighted by molar-refractivity contribution is 0.373. The van der Waals surface area contributed by atoms with E-state index < -0.39 is 0 Å². The zero-order chi connectivity index (χ0) is 25.5. The van der Waals surface area contributed by atoms with Crippen molar-refractivity contribution in [1.29, 1.82) is 0 Å². The second-order valence-electron chi connectivity index (χ2n) is 9.88. The Morgan fingerprint density at radius 1 is 0.919 bits per heavy atom. The third-order valence-electron chi connectivity index (χ3n) is 6.76. The summed E-state index contributed by atoms with van der Waals surface area (Å²) in [5.41, 5.74) is 9.33. The van der Waals surface area contributed by atoms with Crippen molar-refractivity contribution < 1.29 is 0 Å². The smallest absolute Gasteiger partial charge is 0.133 e. The Kier molecular flexibility index (Phi) is 5.88. The van der Waals surface area contributed by atoms with Crippen LogP contribution in [0.15, 0.2) is 49.3 Å². The van der Waals surface area contributed by atoms with Crippen LogP contribution in [0, 0.1) is 0 Å². The Balaban J connectivity index is 1.32. The molecule has 10 heteroatoms. The minimum Gasteiger partial charge on any atom is -0.308 e. The highest BCUT2D eigenvalue weighted by Gasteiger charge is 2.27. The van der Waals surface area contributed by atoms with E-state index in [9.17, 15) is 0 Å². The Morgan fingerprint density at radius 3 is 2.57 bits per heavy atom. The van der Waals surface area contributed by atoms with Gasteiger partial charge in [0.2, 0.25) is 0 Å². The topological polar surface area (TPSA) is 95.4 Å². The molecule has 1 aliphatic carbocycles. The maximum absolute atomic E-state index is 5.06. The van der Waals surface area contributed by atoms with Gasteiger partial charge in [0.25, 0.3) is 0 Å². The maximum Gasteiger partial charge on any atom is 0.133 e. The van der Waals surface area contributed by atoms with Crippen LogP contribution in [0.3, 0.4) is 0 Å². The molecule has 37 heavy (non-hydrogen) atoms. The van der Waals surface area contributed by atoms with Crippen LogP contribution in [0.25, 0.3) is 33.8 Å². The van der Waals surface area contributed by atoms with Crippen molar-refractivity contribution in [3.63, 3.8) is 0 Å². The van der Waals surface area contributed by atoms with Crippen LogP contribution in [0.1, 0.15) is 22.6 Å². The molecular weight excluding hydrogens is 464 g/mol. The van der Waals surface area contributed by atoms with E-state index >= 15 is 0 Å². The molecule has 0 unspecified atom stereocenters. The van der Waals surface area contributed by atoms with Crippen LogP contribution in [0.4, 0.5) is 0 Å². The molecule has 0 aromatic carbocycles. The van der Waals surface area contributed by atoms with Crippen molar-refractivity contribution >= 4 is 0 Å². The van der Waals surface area contributed by atoms with Crippen molar-refractivity contribution in [1.82, 2.24) is 49.2 Å². The summed E-state index contributed by atoms with van der Waals surface area (Å²) in [6, 6.07) is 4.14. The van der Waals surface area contributed by atoms with Gasteiger partial charge in [-0.25, -0.2) is 9.97 Å². The molecule has 188 valence electrons. The van der Waals surface area contributed by atoms with E-state index in [-0.39, 0.29) is 0 Å². The number of aromatic nitrogens is 9. The van der Waals surface area contributed by atoms with E-state index in [1.54, 1.807) is 4.68 Å². The first kappa shape index (κ1) is 23.2. The summed E-state index contributed by atoms with van der Waals surface area (Å²) in [7, 11) is 8.03. The van der Waals surface area contributed by atoms with Gasteiger partial charge in [0.1, 0.15) is 5.82 Å². The van der Waals surface area contributed by atoms with Crippen molar-refractivity contribution in [2.45, 2.75) is 25.8 Å². The minimum atomic E-state index is 0.640. The minimum absolute atomic E-state index is 0.640. The third-order valence-corrected chi connectivity index (χ3v) is 6.76. The summed E-state index contributed by atoms with van der Waals surface area (Å²) in [5.74, 6) is 0.790. The first-order chi connectivity index (χ1) is 17.9. The first-order valence-electron chi connectivity index (χ1n) is 12.5. The molecule has 0 fully saturated rings. The average Bonchev–Trinajstić information content (AvgIpc) is 3.61. The highest BCUT2D eigenvalue weighted by molar-refractivity contribution is 5.84. The molecular formula is C27H30N10.